The van der Waals surface area contributed by atoms with Crippen LogP contribution in [0, 0.1) is 13.8 Å². The van der Waals surface area contributed by atoms with Crippen LogP contribution in [0.2, 0.25) is 0 Å². The van der Waals surface area contributed by atoms with Gasteiger partial charge in [-0.2, -0.15) is 0 Å². The van der Waals surface area contributed by atoms with E-state index in [0.29, 0.717) is 0 Å². The van der Waals surface area contributed by atoms with Gasteiger partial charge in [0.2, 0.25) is 0 Å². The molecular weight excluding hydrogens is 264 g/mol. The van der Waals surface area contributed by atoms with Crippen molar-refractivity contribution in [1.29, 1.82) is 0 Å². The van der Waals surface area contributed by atoms with Gasteiger partial charge in [0, 0.05) is 50.1 Å². The van der Waals surface area contributed by atoms with Crippen LogP contribution in [0.25, 0.3) is 0 Å². The number of ether oxygens (including phenoxy) is 1. The highest BCUT2D eigenvalue weighted by atomic mass is 16.5. The van der Waals surface area contributed by atoms with Crippen LogP contribution in [-0.4, -0.2) is 54.8 Å². The fourth-order valence-electron chi connectivity index (χ4n) is 2.36. The molecule has 0 saturated heterocycles. The normalized spacial score (nSPS) is 11.3. The van der Waals surface area contributed by atoms with Crippen LogP contribution in [0.1, 0.15) is 36.6 Å². The highest BCUT2D eigenvalue weighted by Gasteiger charge is 2.09. The summed E-state index contributed by atoms with van der Waals surface area (Å²) in [5.41, 5.74) is 3.38. The van der Waals surface area contributed by atoms with Crippen LogP contribution in [0.3, 0.4) is 0 Å². The summed E-state index contributed by atoms with van der Waals surface area (Å²) in [6.07, 6.45) is 0.917. The van der Waals surface area contributed by atoms with Gasteiger partial charge >= 0.3 is 0 Å². The molecule has 5 nitrogen and oxygen atoms in total. The second-order valence-corrected chi connectivity index (χ2v) is 5.24. The second-order valence-electron chi connectivity index (χ2n) is 5.24. The summed E-state index contributed by atoms with van der Waals surface area (Å²) in [4.78, 5) is 11.7. The van der Waals surface area contributed by atoms with E-state index in [1.165, 1.54) is 5.56 Å². The third-order valence-electron chi connectivity index (χ3n) is 3.80. The molecule has 1 aromatic rings. The van der Waals surface area contributed by atoms with Gasteiger partial charge in [-0.3, -0.25) is 0 Å². The molecular formula is C16H30N4O. The molecule has 1 aromatic heterocycles. The van der Waals surface area contributed by atoms with E-state index >= 15 is 0 Å². The molecule has 0 aliphatic carbocycles. The van der Waals surface area contributed by atoms with Gasteiger partial charge < -0.3 is 15.0 Å². The summed E-state index contributed by atoms with van der Waals surface area (Å²) in [6.45, 7) is 14.1. The van der Waals surface area contributed by atoms with Crippen molar-refractivity contribution in [2.45, 2.75) is 40.7 Å². The Kier molecular flexibility index (Phi) is 8.42. The predicted molar refractivity (Wildman–Crippen MR) is 86.6 cm³/mol. The lowest BCUT2D eigenvalue weighted by atomic mass is 10.1. The Balaban J connectivity index is 2.61. The van der Waals surface area contributed by atoms with E-state index in [0.717, 1.165) is 63.0 Å². The van der Waals surface area contributed by atoms with Crippen molar-refractivity contribution < 1.29 is 4.74 Å². The number of hydrogen-bond acceptors (Lipinski definition) is 5. The van der Waals surface area contributed by atoms with Gasteiger partial charge in [0.05, 0.1) is 6.61 Å². The fraction of sp³-hybridized carbons (Fsp3) is 0.750. The standard InChI is InChI=1S/C16H30N4O/c1-6-20(7-2)10-8-16-18-13(3)15(14(4)19-16)12-17-9-11-21-5/h17H,6-12H2,1-5H3. The summed E-state index contributed by atoms with van der Waals surface area (Å²) in [5, 5.41) is 3.36. The van der Waals surface area contributed by atoms with Gasteiger partial charge in [-0.15, -0.1) is 0 Å². The molecule has 1 heterocycles. The van der Waals surface area contributed by atoms with E-state index in [9.17, 15) is 0 Å². The quantitative estimate of drug-likeness (QED) is 0.666. The first-order valence-electron chi connectivity index (χ1n) is 7.87. The van der Waals surface area contributed by atoms with Crippen LogP contribution in [0.4, 0.5) is 0 Å². The third kappa shape index (κ3) is 6.08. The Bertz CT molecular complexity index is 396. The summed E-state index contributed by atoms with van der Waals surface area (Å²) < 4.78 is 5.04. The van der Waals surface area contributed by atoms with Crippen LogP contribution < -0.4 is 5.32 Å². The van der Waals surface area contributed by atoms with Crippen molar-refractivity contribution in [3.63, 3.8) is 0 Å². The molecule has 0 saturated carbocycles. The monoisotopic (exact) mass is 294 g/mol. The summed E-state index contributed by atoms with van der Waals surface area (Å²) >= 11 is 0. The third-order valence-corrected chi connectivity index (χ3v) is 3.80. The number of rotatable bonds is 10. The van der Waals surface area contributed by atoms with E-state index in [-0.39, 0.29) is 0 Å². The Labute approximate surface area is 129 Å². The van der Waals surface area contributed by atoms with Gasteiger partial charge in [-0.1, -0.05) is 13.8 Å². The number of nitrogens with one attached hydrogen (secondary N) is 1. The molecule has 0 spiro atoms. The van der Waals surface area contributed by atoms with Crippen LogP contribution >= 0.6 is 0 Å². The molecule has 1 N–H and O–H groups in total. The predicted octanol–water partition coefficient (Wildman–Crippen LogP) is 1.71. The van der Waals surface area contributed by atoms with Crippen LogP contribution in [0.15, 0.2) is 0 Å². The smallest absolute Gasteiger partial charge is 0.130 e. The number of nitrogens with zero attached hydrogens (tertiary/aromatic N) is 3. The van der Waals surface area contributed by atoms with Crippen molar-refractivity contribution in [3.8, 4) is 0 Å². The average Bonchev–Trinajstić information content (AvgIpc) is 2.47. The highest BCUT2D eigenvalue weighted by molar-refractivity contribution is 5.24. The minimum atomic E-state index is 0.723. The van der Waals surface area contributed by atoms with E-state index in [1.807, 2.05) is 0 Å². The molecule has 0 amide bonds. The number of hydrogen-bond donors (Lipinski definition) is 1. The van der Waals surface area contributed by atoms with Gasteiger partial charge in [0.1, 0.15) is 5.82 Å². The lowest BCUT2D eigenvalue weighted by Gasteiger charge is -2.18. The van der Waals surface area contributed by atoms with Crippen molar-refractivity contribution in [2.75, 3.05) is 39.9 Å². The van der Waals surface area contributed by atoms with E-state index < -0.39 is 0 Å². The molecule has 120 valence electrons. The molecule has 0 bridgehead atoms. The molecule has 5 heteroatoms. The second kappa shape index (κ2) is 9.82. The largest absolute Gasteiger partial charge is 0.383 e. The lowest BCUT2D eigenvalue weighted by Crippen LogP contribution is -2.26. The minimum Gasteiger partial charge on any atom is -0.383 e. The first-order valence-corrected chi connectivity index (χ1v) is 7.87. The number of methoxy groups -OCH3 is 1. The van der Waals surface area contributed by atoms with Crippen LogP contribution in [-0.2, 0) is 17.7 Å². The Morgan fingerprint density at radius 1 is 1.10 bits per heavy atom. The zero-order chi connectivity index (χ0) is 15.7. The zero-order valence-electron chi connectivity index (χ0n) is 14.2. The molecule has 0 aliphatic rings. The number of aryl methyl sites for hydroxylation is 2. The maximum Gasteiger partial charge on any atom is 0.130 e. The molecule has 0 unspecified atom stereocenters. The van der Waals surface area contributed by atoms with Gasteiger partial charge in [0.15, 0.2) is 0 Å². The topological polar surface area (TPSA) is 50.3 Å². The molecule has 0 radical (unpaired) electrons. The summed E-state index contributed by atoms with van der Waals surface area (Å²) in [6, 6.07) is 0. The summed E-state index contributed by atoms with van der Waals surface area (Å²) in [7, 11) is 1.71. The van der Waals surface area contributed by atoms with Crippen molar-refractivity contribution >= 4 is 0 Å². The van der Waals surface area contributed by atoms with Crippen molar-refractivity contribution in [1.82, 2.24) is 20.2 Å². The van der Waals surface area contributed by atoms with Crippen molar-refractivity contribution in [2.24, 2.45) is 0 Å². The van der Waals surface area contributed by atoms with Gasteiger partial charge in [-0.25, -0.2) is 9.97 Å². The fourth-order valence-corrected chi connectivity index (χ4v) is 2.36. The SMILES string of the molecule is CCN(CC)CCc1nc(C)c(CNCCOC)c(C)n1. The zero-order valence-corrected chi connectivity index (χ0v) is 14.2. The first-order chi connectivity index (χ1) is 10.1. The Hall–Kier alpha value is -1.04. The Morgan fingerprint density at radius 2 is 1.71 bits per heavy atom. The van der Waals surface area contributed by atoms with Crippen molar-refractivity contribution in [3.05, 3.63) is 22.8 Å². The van der Waals surface area contributed by atoms with Gasteiger partial charge in [0.25, 0.3) is 0 Å². The molecule has 21 heavy (non-hydrogen) atoms. The lowest BCUT2D eigenvalue weighted by molar-refractivity contribution is 0.199. The maximum absolute atomic E-state index is 5.04. The summed E-state index contributed by atoms with van der Waals surface area (Å²) in [5.74, 6) is 0.956. The van der Waals surface area contributed by atoms with E-state index in [4.69, 9.17) is 4.74 Å². The molecule has 1 rings (SSSR count). The highest BCUT2D eigenvalue weighted by Crippen LogP contribution is 2.10. The molecule has 0 fully saturated rings. The van der Waals surface area contributed by atoms with Gasteiger partial charge in [-0.05, 0) is 26.9 Å². The maximum atomic E-state index is 5.04. The molecule has 0 aliphatic heterocycles. The number of aromatic nitrogens is 2. The average molecular weight is 294 g/mol. The first kappa shape index (κ1) is 18.0. The minimum absolute atomic E-state index is 0.723. The van der Waals surface area contributed by atoms with E-state index in [1.54, 1.807) is 7.11 Å². The van der Waals surface area contributed by atoms with E-state index in [2.05, 4.69) is 47.9 Å². The van der Waals surface area contributed by atoms with Crippen LogP contribution in [0.5, 0.6) is 0 Å². The number of likely N-dealkylation sites (N-methyl/N-ethyl adjacent to an activating group) is 1. The molecule has 0 aromatic carbocycles. The Morgan fingerprint density at radius 3 is 2.24 bits per heavy atom. The molecule has 0 atom stereocenters.